The van der Waals surface area contributed by atoms with Crippen LogP contribution in [0.5, 0.6) is 0 Å². The molecule has 0 saturated carbocycles. The van der Waals surface area contributed by atoms with Crippen molar-refractivity contribution in [1.29, 1.82) is 0 Å². The van der Waals surface area contributed by atoms with Crippen LogP contribution in [-0.2, 0) is 14.3 Å². The smallest absolute Gasteiger partial charge is 0.220 e. The van der Waals surface area contributed by atoms with Gasteiger partial charge in [0.1, 0.15) is 0 Å². The van der Waals surface area contributed by atoms with Gasteiger partial charge < -0.3 is 25.4 Å². The Morgan fingerprint density at radius 2 is 1.70 bits per heavy atom. The van der Waals surface area contributed by atoms with E-state index in [0.717, 1.165) is 19.5 Å². The van der Waals surface area contributed by atoms with E-state index in [-0.39, 0.29) is 23.5 Å². The molecule has 0 aliphatic rings. The van der Waals surface area contributed by atoms with Crippen LogP contribution in [0.1, 0.15) is 40.5 Å². The molecule has 0 aromatic rings. The second kappa shape index (κ2) is 12.7. The van der Waals surface area contributed by atoms with Crippen molar-refractivity contribution in [1.82, 2.24) is 16.0 Å². The Hall–Kier alpha value is -0.690. The van der Waals surface area contributed by atoms with E-state index >= 15 is 0 Å². The first kappa shape index (κ1) is 22.3. The number of rotatable bonds is 14. The molecule has 2 unspecified atom stereocenters. The highest BCUT2D eigenvalue weighted by Crippen LogP contribution is 2.18. The molecule has 0 radical (unpaired) electrons. The van der Waals surface area contributed by atoms with Gasteiger partial charge in [-0.15, -0.1) is 0 Å². The van der Waals surface area contributed by atoms with Crippen LogP contribution in [0.15, 0.2) is 0 Å². The summed E-state index contributed by atoms with van der Waals surface area (Å²) in [6, 6.07) is 0. The molecule has 138 valence electrons. The highest BCUT2D eigenvalue weighted by molar-refractivity contribution is 5.76. The summed E-state index contributed by atoms with van der Waals surface area (Å²) < 4.78 is 11.3. The fraction of sp³-hybridized carbons (Fsp3) is 0.941. The predicted octanol–water partition coefficient (Wildman–Crippen LogP) is 1.16. The summed E-state index contributed by atoms with van der Waals surface area (Å²) in [6.45, 7) is 11.7. The molecule has 6 nitrogen and oxygen atoms in total. The van der Waals surface area contributed by atoms with E-state index in [1.807, 2.05) is 27.9 Å². The lowest BCUT2D eigenvalue weighted by Gasteiger charge is -2.23. The first-order chi connectivity index (χ1) is 10.8. The maximum atomic E-state index is 11.9. The molecule has 1 amide bonds. The molecule has 0 rings (SSSR count). The Labute approximate surface area is 142 Å². The van der Waals surface area contributed by atoms with E-state index in [9.17, 15) is 4.79 Å². The molecule has 23 heavy (non-hydrogen) atoms. The summed E-state index contributed by atoms with van der Waals surface area (Å²) in [5, 5.41) is 9.10. The molecule has 0 heterocycles. The lowest BCUT2D eigenvalue weighted by molar-refractivity contribution is -0.123. The van der Waals surface area contributed by atoms with Crippen molar-refractivity contribution in [2.45, 2.75) is 52.7 Å². The number of ether oxygens (including phenoxy) is 2. The van der Waals surface area contributed by atoms with Crippen molar-refractivity contribution in [3.05, 3.63) is 0 Å². The van der Waals surface area contributed by atoms with Gasteiger partial charge in [-0.1, -0.05) is 13.8 Å². The minimum atomic E-state index is -0.0334. The van der Waals surface area contributed by atoms with Crippen molar-refractivity contribution in [3.8, 4) is 0 Å². The minimum Gasteiger partial charge on any atom is -0.377 e. The van der Waals surface area contributed by atoms with Gasteiger partial charge in [0.15, 0.2) is 0 Å². The average Bonchev–Trinajstić information content (AvgIpc) is 2.43. The molecule has 0 bridgehead atoms. The number of amides is 1. The van der Waals surface area contributed by atoms with Gasteiger partial charge in [-0.05, 0) is 39.8 Å². The Bertz CT molecular complexity index is 311. The molecule has 0 fully saturated rings. The zero-order chi connectivity index (χ0) is 17.7. The highest BCUT2D eigenvalue weighted by Gasteiger charge is 2.20. The van der Waals surface area contributed by atoms with Crippen molar-refractivity contribution >= 4 is 5.91 Å². The molecule has 0 aromatic carbocycles. The fourth-order valence-electron chi connectivity index (χ4n) is 2.35. The normalized spacial score (nSPS) is 14.5. The molecular weight excluding hydrogens is 294 g/mol. The fourth-order valence-corrected chi connectivity index (χ4v) is 2.35. The molecule has 0 spiro atoms. The van der Waals surface area contributed by atoms with Crippen LogP contribution in [-0.4, -0.2) is 65.1 Å². The number of hydrogen-bond acceptors (Lipinski definition) is 5. The molecule has 2 atom stereocenters. The van der Waals surface area contributed by atoms with E-state index < -0.39 is 0 Å². The number of likely N-dealkylation sites (N-methyl/N-ethyl adjacent to an activating group) is 1. The maximum Gasteiger partial charge on any atom is 0.220 e. The average molecular weight is 332 g/mol. The molecule has 0 aliphatic carbocycles. The third-order valence-corrected chi connectivity index (χ3v) is 3.54. The van der Waals surface area contributed by atoms with Gasteiger partial charge in [0.25, 0.3) is 0 Å². The second-order valence-electron chi connectivity index (χ2n) is 6.93. The van der Waals surface area contributed by atoms with E-state index in [1.165, 1.54) is 0 Å². The third-order valence-electron chi connectivity index (χ3n) is 3.54. The van der Waals surface area contributed by atoms with E-state index in [1.54, 1.807) is 0 Å². The molecule has 3 N–H and O–H groups in total. The van der Waals surface area contributed by atoms with Crippen LogP contribution < -0.4 is 16.0 Å². The summed E-state index contributed by atoms with van der Waals surface area (Å²) >= 11 is 0. The summed E-state index contributed by atoms with van der Waals surface area (Å²) in [5.41, 5.74) is -0.0334. The number of carbonyl (C=O) groups excluding carboxylic acids is 1. The first-order valence-electron chi connectivity index (χ1n) is 8.60. The van der Waals surface area contributed by atoms with E-state index in [2.05, 4.69) is 29.8 Å². The summed E-state index contributed by atoms with van der Waals surface area (Å²) in [7, 11) is 3.82. The van der Waals surface area contributed by atoms with Gasteiger partial charge in [0, 0.05) is 32.7 Å². The van der Waals surface area contributed by atoms with Gasteiger partial charge >= 0.3 is 0 Å². The van der Waals surface area contributed by atoms with Crippen molar-refractivity contribution < 1.29 is 14.3 Å². The van der Waals surface area contributed by atoms with Gasteiger partial charge in [-0.2, -0.15) is 0 Å². The topological polar surface area (TPSA) is 71.6 Å². The third kappa shape index (κ3) is 13.4. The Kier molecular flexibility index (Phi) is 12.3. The van der Waals surface area contributed by atoms with Crippen LogP contribution in [0.25, 0.3) is 0 Å². The maximum absolute atomic E-state index is 11.9. The zero-order valence-corrected chi connectivity index (χ0v) is 15.8. The molecular formula is C17H37N3O3. The monoisotopic (exact) mass is 331 g/mol. The van der Waals surface area contributed by atoms with Crippen molar-refractivity contribution in [3.63, 3.8) is 0 Å². The molecule has 6 heteroatoms. The minimum absolute atomic E-state index is 0.0334. The predicted molar refractivity (Wildman–Crippen MR) is 94.7 cm³/mol. The summed E-state index contributed by atoms with van der Waals surface area (Å²) in [5.74, 6) is 0.0747. The molecule has 0 saturated heterocycles. The standard InChI is InChI=1S/C17H37N3O3/c1-14(7-9-22-15(2)12-18-5)23-10-8-20-16(21)11-17(3,4)13-19-6/h14-15,18-19H,7-13H2,1-6H3,(H,20,21). The van der Waals surface area contributed by atoms with Gasteiger partial charge in [0.2, 0.25) is 5.91 Å². The van der Waals surface area contributed by atoms with E-state index in [4.69, 9.17) is 9.47 Å². The Morgan fingerprint density at radius 3 is 2.30 bits per heavy atom. The largest absolute Gasteiger partial charge is 0.377 e. The molecule has 0 aromatic heterocycles. The van der Waals surface area contributed by atoms with Crippen LogP contribution in [0, 0.1) is 5.41 Å². The van der Waals surface area contributed by atoms with Crippen molar-refractivity contribution in [2.75, 3.05) is 46.9 Å². The zero-order valence-electron chi connectivity index (χ0n) is 15.8. The van der Waals surface area contributed by atoms with E-state index in [0.29, 0.717) is 26.2 Å². The Balaban J connectivity index is 3.64. The molecule has 0 aliphatic heterocycles. The SMILES string of the molecule is CNCC(C)OCCC(C)OCCNC(=O)CC(C)(C)CNC. The first-order valence-corrected chi connectivity index (χ1v) is 8.60. The van der Waals surface area contributed by atoms with Crippen LogP contribution >= 0.6 is 0 Å². The van der Waals surface area contributed by atoms with Crippen molar-refractivity contribution in [2.24, 2.45) is 5.41 Å². The summed E-state index contributed by atoms with van der Waals surface area (Å²) in [4.78, 5) is 11.9. The van der Waals surface area contributed by atoms with Gasteiger partial charge in [-0.3, -0.25) is 4.79 Å². The number of carbonyl (C=O) groups is 1. The number of hydrogen-bond donors (Lipinski definition) is 3. The van der Waals surface area contributed by atoms with Crippen LogP contribution in [0.2, 0.25) is 0 Å². The lowest BCUT2D eigenvalue weighted by Crippen LogP contribution is -2.35. The van der Waals surface area contributed by atoms with Crippen LogP contribution in [0.3, 0.4) is 0 Å². The van der Waals surface area contributed by atoms with Gasteiger partial charge in [0.05, 0.1) is 18.8 Å². The Morgan fingerprint density at radius 1 is 1.04 bits per heavy atom. The van der Waals surface area contributed by atoms with Crippen LogP contribution in [0.4, 0.5) is 0 Å². The second-order valence-corrected chi connectivity index (χ2v) is 6.93. The lowest BCUT2D eigenvalue weighted by atomic mass is 9.89. The quantitative estimate of drug-likeness (QED) is 0.417. The number of nitrogens with one attached hydrogen (secondary N) is 3. The van der Waals surface area contributed by atoms with Gasteiger partial charge in [-0.25, -0.2) is 0 Å². The highest BCUT2D eigenvalue weighted by atomic mass is 16.5. The summed E-state index contributed by atoms with van der Waals surface area (Å²) in [6.07, 6.45) is 1.72.